The molecule has 194 valence electrons. The molecule has 0 fully saturated rings. The van der Waals surface area contributed by atoms with Crippen molar-refractivity contribution < 1.29 is 31.9 Å². The zero-order valence-electron chi connectivity index (χ0n) is 19.1. The van der Waals surface area contributed by atoms with Crippen LogP contribution in [-0.4, -0.2) is 41.6 Å². The van der Waals surface area contributed by atoms with Crippen LogP contribution in [0.1, 0.15) is 28.4 Å². The Kier molecular flexibility index (Phi) is 6.69. The molecule has 1 amide bonds. The maximum absolute atomic E-state index is 14.7. The minimum Gasteiger partial charge on any atom is -0.383 e. The van der Waals surface area contributed by atoms with Gasteiger partial charge in [-0.05, 0) is 37.3 Å². The highest BCUT2D eigenvalue weighted by Gasteiger charge is 2.40. The van der Waals surface area contributed by atoms with E-state index in [0.29, 0.717) is 6.07 Å². The van der Waals surface area contributed by atoms with Gasteiger partial charge < -0.3 is 16.2 Å². The van der Waals surface area contributed by atoms with Crippen molar-refractivity contribution in [3.63, 3.8) is 0 Å². The van der Waals surface area contributed by atoms with Gasteiger partial charge in [-0.1, -0.05) is 6.07 Å². The number of hydrogen-bond acceptors (Lipinski definition) is 6. The number of amides is 1. The summed E-state index contributed by atoms with van der Waals surface area (Å²) in [5.74, 6) is -2.89. The molecule has 37 heavy (non-hydrogen) atoms. The fraction of sp³-hybridized carbons (Fsp3) is 0.217. The first kappa shape index (κ1) is 25.8. The lowest BCUT2D eigenvalue weighted by Crippen LogP contribution is -2.52. The van der Waals surface area contributed by atoms with Crippen molar-refractivity contribution in [3.8, 4) is 5.69 Å². The van der Waals surface area contributed by atoms with Crippen LogP contribution in [-0.2, 0) is 18.3 Å². The average molecular weight is 521 g/mol. The molecule has 4 rings (SSSR count). The number of nitrogens with two attached hydrogens (primary N) is 1. The van der Waals surface area contributed by atoms with E-state index in [2.05, 4.69) is 20.5 Å². The van der Waals surface area contributed by atoms with Crippen LogP contribution < -0.4 is 11.1 Å². The Morgan fingerprint density at radius 3 is 2.43 bits per heavy atom. The molecule has 0 bridgehead atoms. The monoisotopic (exact) mass is 521 g/mol. The van der Waals surface area contributed by atoms with Crippen molar-refractivity contribution in [2.24, 2.45) is 0 Å². The number of carbonyl (C=O) groups is 1. The standard InChI is InChI=1S/C23H20F5N7O2/c1-13(22(37,10-34-12-30-11-32-34)18-7-4-15(24)8-19(18)25)33-21(36)17-9-31-35(20(17)29)16-5-2-14(3-6-16)23(26,27)28/h2-9,11-13,37H,10,29H2,1H3,(H,33,36)/t13-,22-/m1/s1. The van der Waals surface area contributed by atoms with Gasteiger partial charge in [0.05, 0.1) is 30.0 Å². The molecule has 0 aliphatic carbocycles. The average Bonchev–Trinajstić information content (AvgIpc) is 3.47. The van der Waals surface area contributed by atoms with E-state index >= 15 is 0 Å². The van der Waals surface area contributed by atoms with Crippen molar-refractivity contribution >= 4 is 11.7 Å². The zero-order valence-corrected chi connectivity index (χ0v) is 19.1. The van der Waals surface area contributed by atoms with Gasteiger partial charge in [-0.15, -0.1) is 0 Å². The Morgan fingerprint density at radius 2 is 1.84 bits per heavy atom. The molecule has 4 N–H and O–H groups in total. The van der Waals surface area contributed by atoms with Crippen LogP contribution in [0.15, 0.2) is 61.3 Å². The Hall–Kier alpha value is -4.33. The second kappa shape index (κ2) is 9.61. The predicted octanol–water partition coefficient (Wildman–Crippen LogP) is 3.05. The fourth-order valence-electron chi connectivity index (χ4n) is 3.78. The van der Waals surface area contributed by atoms with Crippen LogP contribution in [0.4, 0.5) is 27.8 Å². The van der Waals surface area contributed by atoms with Crippen molar-refractivity contribution in [1.82, 2.24) is 29.9 Å². The number of rotatable bonds is 7. The number of benzene rings is 2. The second-order valence-electron chi connectivity index (χ2n) is 8.24. The van der Waals surface area contributed by atoms with Gasteiger partial charge in [-0.25, -0.2) is 23.1 Å². The van der Waals surface area contributed by atoms with Crippen LogP contribution in [0.5, 0.6) is 0 Å². The summed E-state index contributed by atoms with van der Waals surface area (Å²) in [7, 11) is 0. The number of carbonyl (C=O) groups excluding carboxylic acids is 1. The van der Waals surface area contributed by atoms with Crippen molar-refractivity contribution in [3.05, 3.63) is 89.6 Å². The zero-order chi connectivity index (χ0) is 27.0. The van der Waals surface area contributed by atoms with E-state index in [1.807, 2.05) is 0 Å². The molecule has 14 heteroatoms. The highest BCUT2D eigenvalue weighted by Crippen LogP contribution is 2.32. The Morgan fingerprint density at radius 1 is 1.14 bits per heavy atom. The van der Waals surface area contributed by atoms with Crippen LogP contribution in [0.25, 0.3) is 5.69 Å². The molecular formula is C23H20F5N7O2. The van der Waals surface area contributed by atoms with Crippen LogP contribution in [0.2, 0.25) is 0 Å². The molecule has 0 saturated heterocycles. The van der Waals surface area contributed by atoms with Gasteiger partial charge in [-0.2, -0.15) is 23.4 Å². The summed E-state index contributed by atoms with van der Waals surface area (Å²) < 4.78 is 69.0. The molecule has 9 nitrogen and oxygen atoms in total. The largest absolute Gasteiger partial charge is 0.416 e. The van der Waals surface area contributed by atoms with E-state index in [4.69, 9.17) is 5.73 Å². The predicted molar refractivity (Wildman–Crippen MR) is 120 cm³/mol. The van der Waals surface area contributed by atoms with E-state index < -0.39 is 40.9 Å². The van der Waals surface area contributed by atoms with E-state index in [0.717, 1.165) is 47.3 Å². The van der Waals surface area contributed by atoms with Gasteiger partial charge in [0.15, 0.2) is 0 Å². The second-order valence-corrected chi connectivity index (χ2v) is 8.24. The number of anilines is 1. The van der Waals surface area contributed by atoms with Crippen molar-refractivity contribution in [1.29, 1.82) is 0 Å². The molecule has 0 radical (unpaired) electrons. The van der Waals surface area contributed by atoms with E-state index in [-0.39, 0.29) is 29.2 Å². The summed E-state index contributed by atoms with van der Waals surface area (Å²) in [5, 5.41) is 21.9. The number of nitrogen functional groups attached to an aromatic ring is 1. The molecule has 2 aromatic heterocycles. The lowest BCUT2D eigenvalue weighted by atomic mass is 9.86. The van der Waals surface area contributed by atoms with Gasteiger partial charge in [-0.3, -0.25) is 4.79 Å². The summed E-state index contributed by atoms with van der Waals surface area (Å²) in [6.45, 7) is 1.05. The number of hydrogen-bond donors (Lipinski definition) is 3. The Balaban J connectivity index is 1.61. The Bertz CT molecular complexity index is 1400. The SMILES string of the molecule is C[C@@H](NC(=O)c1cnn(-c2ccc(C(F)(F)F)cc2)c1N)[C@](O)(Cn1cncn1)c1ccc(F)cc1F. The molecule has 0 unspecified atom stereocenters. The fourth-order valence-corrected chi connectivity index (χ4v) is 3.78. The minimum atomic E-state index is -4.53. The highest BCUT2D eigenvalue weighted by atomic mass is 19.4. The van der Waals surface area contributed by atoms with Gasteiger partial charge in [0, 0.05) is 11.6 Å². The third kappa shape index (κ3) is 5.14. The summed E-state index contributed by atoms with van der Waals surface area (Å²) in [4.78, 5) is 16.8. The van der Waals surface area contributed by atoms with Gasteiger partial charge in [0.25, 0.3) is 5.91 Å². The number of nitrogens with one attached hydrogen (secondary N) is 1. The number of aromatic nitrogens is 5. The molecule has 0 aliphatic heterocycles. The Labute approximate surface area is 206 Å². The number of halogens is 5. The molecule has 4 aromatic rings. The summed E-state index contributed by atoms with van der Waals surface area (Å²) in [6, 6.07) is 5.42. The number of aliphatic hydroxyl groups is 1. The van der Waals surface area contributed by atoms with E-state index in [9.17, 15) is 31.9 Å². The first-order valence-electron chi connectivity index (χ1n) is 10.7. The third-order valence-electron chi connectivity index (χ3n) is 5.82. The summed E-state index contributed by atoms with van der Waals surface area (Å²) in [6.07, 6.45) is -0.958. The van der Waals surface area contributed by atoms with Crippen LogP contribution in [0, 0.1) is 11.6 Å². The number of nitrogens with zero attached hydrogens (tertiary/aromatic N) is 5. The molecule has 0 saturated carbocycles. The lowest BCUT2D eigenvalue weighted by Gasteiger charge is -2.35. The molecule has 2 aromatic carbocycles. The lowest BCUT2D eigenvalue weighted by molar-refractivity contribution is -0.137. The third-order valence-corrected chi connectivity index (χ3v) is 5.82. The van der Waals surface area contributed by atoms with Crippen molar-refractivity contribution in [2.75, 3.05) is 5.73 Å². The molecular weight excluding hydrogens is 501 g/mol. The first-order valence-corrected chi connectivity index (χ1v) is 10.7. The molecule has 0 aliphatic rings. The molecule has 2 heterocycles. The number of alkyl halides is 3. The summed E-state index contributed by atoms with van der Waals surface area (Å²) in [5.41, 5.74) is 2.79. The van der Waals surface area contributed by atoms with Gasteiger partial charge in [0.2, 0.25) is 0 Å². The summed E-state index contributed by atoms with van der Waals surface area (Å²) >= 11 is 0. The van der Waals surface area contributed by atoms with Gasteiger partial charge >= 0.3 is 6.18 Å². The smallest absolute Gasteiger partial charge is 0.383 e. The van der Waals surface area contributed by atoms with Crippen LogP contribution >= 0.6 is 0 Å². The van der Waals surface area contributed by atoms with Crippen molar-refractivity contribution in [2.45, 2.75) is 31.3 Å². The minimum absolute atomic E-state index is 0.144. The first-order chi connectivity index (χ1) is 17.4. The quantitative estimate of drug-likeness (QED) is 0.321. The normalized spacial score (nSPS) is 14.2. The molecule has 0 spiro atoms. The van der Waals surface area contributed by atoms with Gasteiger partial charge in [0.1, 0.15) is 41.3 Å². The topological polar surface area (TPSA) is 124 Å². The maximum atomic E-state index is 14.7. The maximum Gasteiger partial charge on any atom is 0.416 e. The van der Waals surface area contributed by atoms with E-state index in [1.54, 1.807) is 0 Å². The van der Waals surface area contributed by atoms with Crippen LogP contribution in [0.3, 0.4) is 0 Å². The molecule has 2 atom stereocenters. The highest BCUT2D eigenvalue weighted by molar-refractivity contribution is 5.98. The van der Waals surface area contributed by atoms with E-state index in [1.165, 1.54) is 24.3 Å².